The third-order valence-electron chi connectivity index (χ3n) is 4.51. The number of benzene rings is 1. The normalized spacial score (nSPS) is 18.9. The van der Waals surface area contributed by atoms with Crippen molar-refractivity contribution in [2.75, 3.05) is 41.8 Å². The molecule has 0 unspecified atom stereocenters. The summed E-state index contributed by atoms with van der Waals surface area (Å²) in [6.45, 7) is 4.29. The molecule has 3 heterocycles. The van der Waals surface area contributed by atoms with Crippen LogP contribution in [0.15, 0.2) is 36.5 Å². The average Bonchev–Trinajstić information content (AvgIpc) is 2.70. The number of nitrogens with zero attached hydrogens (tertiary/aromatic N) is 2. The first-order chi connectivity index (χ1) is 13.1. The Bertz CT molecular complexity index is 880. The van der Waals surface area contributed by atoms with Crippen LogP contribution in [0, 0.1) is 0 Å². The van der Waals surface area contributed by atoms with Gasteiger partial charge in [0.05, 0.1) is 24.5 Å². The fourth-order valence-electron chi connectivity index (χ4n) is 3.09. The second-order valence-corrected chi connectivity index (χ2v) is 6.39. The minimum absolute atomic E-state index is 0.215. The molecule has 0 aliphatic carbocycles. The van der Waals surface area contributed by atoms with E-state index in [4.69, 9.17) is 9.47 Å². The lowest BCUT2D eigenvalue weighted by Gasteiger charge is -2.29. The first kappa shape index (κ1) is 17.3. The Morgan fingerprint density at radius 1 is 1.30 bits per heavy atom. The second kappa shape index (κ2) is 7.24. The van der Waals surface area contributed by atoms with E-state index in [0.29, 0.717) is 54.8 Å². The summed E-state index contributed by atoms with van der Waals surface area (Å²) in [5, 5.41) is 5.65. The molecule has 0 saturated carbocycles. The van der Waals surface area contributed by atoms with Crippen LogP contribution in [0.1, 0.15) is 17.3 Å². The highest BCUT2D eigenvalue weighted by molar-refractivity contribution is 6.08. The van der Waals surface area contributed by atoms with E-state index in [0.717, 1.165) is 0 Å². The fraction of sp³-hybridized carbons (Fsp3) is 0.316. The minimum Gasteiger partial charge on any atom is -0.479 e. The van der Waals surface area contributed by atoms with E-state index >= 15 is 0 Å². The first-order valence-electron chi connectivity index (χ1n) is 8.82. The molecule has 1 atom stereocenters. The van der Waals surface area contributed by atoms with Gasteiger partial charge in [0.25, 0.3) is 11.8 Å². The summed E-state index contributed by atoms with van der Waals surface area (Å²) in [6.07, 6.45) is 1.14. The molecular weight excluding hydrogens is 348 g/mol. The number of rotatable bonds is 3. The van der Waals surface area contributed by atoms with Gasteiger partial charge in [-0.3, -0.25) is 9.59 Å². The van der Waals surface area contributed by atoms with Crippen molar-refractivity contribution in [2.24, 2.45) is 0 Å². The van der Waals surface area contributed by atoms with E-state index in [1.54, 1.807) is 43.5 Å². The van der Waals surface area contributed by atoms with Crippen LogP contribution in [0.4, 0.5) is 17.2 Å². The smallest absolute Gasteiger partial charge is 0.265 e. The average molecular weight is 368 g/mol. The van der Waals surface area contributed by atoms with E-state index in [2.05, 4.69) is 15.6 Å². The van der Waals surface area contributed by atoms with Crippen molar-refractivity contribution in [2.45, 2.75) is 13.0 Å². The van der Waals surface area contributed by atoms with Crippen LogP contribution in [0.2, 0.25) is 0 Å². The number of amides is 2. The molecule has 1 aromatic carbocycles. The van der Waals surface area contributed by atoms with Gasteiger partial charge in [0, 0.05) is 25.0 Å². The predicted molar refractivity (Wildman–Crippen MR) is 100 cm³/mol. The lowest BCUT2D eigenvalue weighted by atomic mass is 10.2. The molecule has 140 valence electrons. The summed E-state index contributed by atoms with van der Waals surface area (Å²) in [5.74, 6) is 0.742. The Balaban J connectivity index is 1.55. The summed E-state index contributed by atoms with van der Waals surface area (Å²) in [5.41, 5.74) is 1.59. The van der Waals surface area contributed by atoms with Crippen LogP contribution in [0.3, 0.4) is 0 Å². The highest BCUT2D eigenvalue weighted by Gasteiger charge is 2.24. The van der Waals surface area contributed by atoms with Crippen molar-refractivity contribution in [3.05, 3.63) is 42.1 Å². The summed E-state index contributed by atoms with van der Waals surface area (Å²) in [4.78, 5) is 31.0. The van der Waals surface area contributed by atoms with E-state index in [1.807, 2.05) is 4.90 Å². The number of carbonyl (C=O) groups excluding carboxylic acids is 2. The van der Waals surface area contributed by atoms with Gasteiger partial charge >= 0.3 is 0 Å². The number of ether oxygens (including phenoxy) is 2. The van der Waals surface area contributed by atoms with Crippen molar-refractivity contribution in [1.82, 2.24) is 4.98 Å². The number of anilines is 3. The molecule has 0 spiro atoms. The Hall–Kier alpha value is -3.13. The van der Waals surface area contributed by atoms with Gasteiger partial charge in [-0.15, -0.1) is 0 Å². The van der Waals surface area contributed by atoms with Crippen molar-refractivity contribution < 1.29 is 19.1 Å². The van der Waals surface area contributed by atoms with Gasteiger partial charge in [0.2, 0.25) is 0 Å². The summed E-state index contributed by atoms with van der Waals surface area (Å²) < 4.78 is 10.9. The van der Waals surface area contributed by atoms with Gasteiger partial charge < -0.3 is 25.0 Å². The molecule has 0 radical (unpaired) electrons. The molecule has 4 rings (SSSR count). The maximum absolute atomic E-state index is 12.8. The lowest BCUT2D eigenvalue weighted by Crippen LogP contribution is -2.38. The highest BCUT2D eigenvalue weighted by Crippen LogP contribution is 2.32. The number of fused-ring (bicyclic) bond motifs is 1. The van der Waals surface area contributed by atoms with Crippen molar-refractivity contribution in [3.63, 3.8) is 0 Å². The number of nitrogens with one attached hydrogen (secondary N) is 2. The van der Waals surface area contributed by atoms with E-state index in [1.165, 1.54) is 0 Å². The molecule has 2 amide bonds. The molecule has 27 heavy (non-hydrogen) atoms. The molecule has 1 fully saturated rings. The Labute approximate surface area is 156 Å². The third kappa shape index (κ3) is 3.56. The van der Waals surface area contributed by atoms with Crippen molar-refractivity contribution in [1.29, 1.82) is 0 Å². The van der Waals surface area contributed by atoms with E-state index in [-0.39, 0.29) is 11.8 Å². The molecule has 2 aliphatic rings. The van der Waals surface area contributed by atoms with Crippen LogP contribution in [-0.2, 0) is 9.53 Å². The summed E-state index contributed by atoms with van der Waals surface area (Å²) >= 11 is 0. The Kier molecular flexibility index (Phi) is 4.64. The van der Waals surface area contributed by atoms with Gasteiger partial charge in [0.1, 0.15) is 11.6 Å². The molecule has 2 aromatic rings. The third-order valence-corrected chi connectivity index (χ3v) is 4.51. The fourth-order valence-corrected chi connectivity index (χ4v) is 3.09. The van der Waals surface area contributed by atoms with Gasteiger partial charge in [0.15, 0.2) is 6.10 Å². The van der Waals surface area contributed by atoms with Crippen molar-refractivity contribution >= 4 is 29.0 Å². The molecule has 8 heteroatoms. The number of hydrogen-bond donors (Lipinski definition) is 2. The van der Waals surface area contributed by atoms with Crippen LogP contribution in [0.25, 0.3) is 0 Å². The van der Waals surface area contributed by atoms with Gasteiger partial charge in [-0.2, -0.15) is 0 Å². The Morgan fingerprint density at radius 2 is 2.11 bits per heavy atom. The number of aromatic nitrogens is 1. The minimum atomic E-state index is -0.538. The number of pyridine rings is 1. The molecule has 2 aliphatic heterocycles. The monoisotopic (exact) mass is 368 g/mol. The van der Waals surface area contributed by atoms with Crippen LogP contribution in [0.5, 0.6) is 5.75 Å². The maximum Gasteiger partial charge on any atom is 0.265 e. The van der Waals surface area contributed by atoms with E-state index in [9.17, 15) is 9.59 Å². The summed E-state index contributed by atoms with van der Waals surface area (Å²) in [6, 6.07) is 8.64. The first-order valence-corrected chi connectivity index (χ1v) is 8.82. The number of morpholine rings is 1. The molecule has 1 saturated heterocycles. The molecule has 8 nitrogen and oxygen atoms in total. The molecule has 0 bridgehead atoms. The SMILES string of the molecule is C[C@H]1Oc2ccc(NC(=O)c3cccnc3N3CCOCC3)cc2NC1=O. The Morgan fingerprint density at radius 3 is 2.93 bits per heavy atom. The van der Waals surface area contributed by atoms with Gasteiger partial charge in [-0.05, 0) is 37.3 Å². The zero-order chi connectivity index (χ0) is 18.8. The topological polar surface area (TPSA) is 92.8 Å². The zero-order valence-corrected chi connectivity index (χ0v) is 14.9. The van der Waals surface area contributed by atoms with Gasteiger partial charge in [-0.25, -0.2) is 4.98 Å². The van der Waals surface area contributed by atoms with E-state index < -0.39 is 6.10 Å². The molecule has 1 aromatic heterocycles. The quantitative estimate of drug-likeness (QED) is 0.860. The number of carbonyl (C=O) groups is 2. The lowest BCUT2D eigenvalue weighted by molar-refractivity contribution is -0.122. The van der Waals surface area contributed by atoms with Crippen LogP contribution in [-0.4, -0.2) is 49.2 Å². The standard InChI is InChI=1S/C19H20N4O4/c1-12-18(24)22-15-11-13(4-5-16(15)27-12)21-19(25)14-3-2-6-20-17(14)23-7-9-26-10-8-23/h2-6,11-12H,7-10H2,1H3,(H,21,25)(H,22,24)/t12-/m1/s1. The number of hydrogen-bond acceptors (Lipinski definition) is 6. The van der Waals surface area contributed by atoms with Crippen LogP contribution >= 0.6 is 0 Å². The van der Waals surface area contributed by atoms with Gasteiger partial charge in [-0.1, -0.05) is 0 Å². The largest absolute Gasteiger partial charge is 0.479 e. The predicted octanol–water partition coefficient (Wildman–Crippen LogP) is 1.89. The highest BCUT2D eigenvalue weighted by atomic mass is 16.5. The second-order valence-electron chi connectivity index (χ2n) is 6.39. The zero-order valence-electron chi connectivity index (χ0n) is 14.9. The molecule has 2 N–H and O–H groups in total. The van der Waals surface area contributed by atoms with Crippen molar-refractivity contribution in [3.8, 4) is 5.75 Å². The summed E-state index contributed by atoms with van der Waals surface area (Å²) in [7, 11) is 0. The van der Waals surface area contributed by atoms with Crippen LogP contribution < -0.4 is 20.3 Å². The maximum atomic E-state index is 12.8. The molecular formula is C19H20N4O4.